The van der Waals surface area contributed by atoms with Gasteiger partial charge in [-0.1, -0.05) is 17.8 Å². The Kier molecular flexibility index (Phi) is 7.85. The van der Waals surface area contributed by atoms with Gasteiger partial charge in [-0.2, -0.15) is 0 Å². The van der Waals surface area contributed by atoms with Gasteiger partial charge in [0.2, 0.25) is 0 Å². The van der Waals surface area contributed by atoms with Gasteiger partial charge in [0.1, 0.15) is 10.7 Å². The minimum Gasteiger partial charge on any atom is -0.466 e. The maximum Gasteiger partial charge on any atom is 0.338 e. The second kappa shape index (κ2) is 10.8. The number of nitrogens with one attached hydrogen (secondary N) is 1. The van der Waals surface area contributed by atoms with Gasteiger partial charge in [0.15, 0.2) is 0 Å². The van der Waals surface area contributed by atoms with Crippen LogP contribution in [-0.4, -0.2) is 66.2 Å². The topological polar surface area (TPSA) is 118 Å². The number of pyridine rings is 1. The molecule has 1 aromatic carbocycles. The van der Waals surface area contributed by atoms with Crippen molar-refractivity contribution in [2.45, 2.75) is 16.8 Å². The van der Waals surface area contributed by atoms with E-state index in [1.54, 1.807) is 37.3 Å². The molecule has 0 atom stereocenters. The van der Waals surface area contributed by atoms with E-state index in [1.807, 2.05) is 6.07 Å². The van der Waals surface area contributed by atoms with E-state index in [9.17, 15) is 19.5 Å². The van der Waals surface area contributed by atoms with Crippen LogP contribution in [0.4, 0.5) is 5.69 Å². The molecule has 0 unspecified atom stereocenters. The van der Waals surface area contributed by atoms with Crippen LogP contribution in [0.5, 0.6) is 0 Å². The molecule has 0 spiro atoms. The van der Waals surface area contributed by atoms with E-state index < -0.39 is 11.9 Å². The summed E-state index contributed by atoms with van der Waals surface area (Å²) in [7, 11) is 1.25. The van der Waals surface area contributed by atoms with E-state index in [0.29, 0.717) is 16.3 Å². The number of esters is 2. The Morgan fingerprint density at radius 3 is 2.78 bits per heavy atom. The number of amides is 1. The third-order valence-electron chi connectivity index (χ3n) is 4.53. The van der Waals surface area contributed by atoms with Crippen LogP contribution in [0, 0.1) is 0 Å². The van der Waals surface area contributed by atoms with E-state index in [0.717, 1.165) is 4.90 Å². The van der Waals surface area contributed by atoms with Crippen molar-refractivity contribution in [2.24, 2.45) is 0 Å². The number of benzene rings is 1. The molecule has 1 aromatic heterocycles. The lowest BCUT2D eigenvalue weighted by molar-refractivity contribution is -0.136. The number of ether oxygens (including phenoxy) is 2. The Balaban J connectivity index is 1.80. The largest absolute Gasteiger partial charge is 0.466 e. The lowest BCUT2D eigenvalue weighted by Gasteiger charge is -2.15. The highest BCUT2D eigenvalue weighted by molar-refractivity contribution is 7.99. The molecule has 2 N–H and O–H groups in total. The molecule has 3 rings (SSSR count). The molecule has 0 bridgehead atoms. The normalized spacial score (nSPS) is 13.3. The molecule has 0 saturated heterocycles. The van der Waals surface area contributed by atoms with Gasteiger partial charge in [0.25, 0.3) is 5.91 Å². The summed E-state index contributed by atoms with van der Waals surface area (Å²) in [4.78, 5) is 43.2. The number of methoxy groups -OCH3 is 1. The van der Waals surface area contributed by atoms with E-state index >= 15 is 0 Å². The van der Waals surface area contributed by atoms with Crippen LogP contribution in [0.3, 0.4) is 0 Å². The number of hydrogen-bond acceptors (Lipinski definition) is 9. The number of aliphatic hydroxyl groups excluding tert-OH is 1. The second-order valence-corrected chi connectivity index (χ2v) is 7.75. The zero-order valence-corrected chi connectivity index (χ0v) is 18.5. The molecule has 1 amide bonds. The number of nitrogens with zero attached hydrogens (tertiary/aromatic N) is 2. The first-order valence-corrected chi connectivity index (χ1v) is 10.7. The van der Waals surface area contributed by atoms with Gasteiger partial charge in [-0.15, -0.1) is 0 Å². The van der Waals surface area contributed by atoms with Gasteiger partial charge >= 0.3 is 11.9 Å². The zero-order chi connectivity index (χ0) is 23.1. The first-order chi connectivity index (χ1) is 15.5. The number of hydrogen-bond donors (Lipinski definition) is 2. The summed E-state index contributed by atoms with van der Waals surface area (Å²) in [6.45, 7) is 2.00. The van der Waals surface area contributed by atoms with Crippen molar-refractivity contribution in [2.75, 3.05) is 38.7 Å². The van der Waals surface area contributed by atoms with Gasteiger partial charge < -0.3 is 24.8 Å². The molecular weight excluding hydrogens is 434 g/mol. The number of carbonyl (C=O) groups is 3. The molecule has 1 aliphatic rings. The third kappa shape index (κ3) is 5.45. The highest BCUT2D eigenvalue weighted by Gasteiger charge is 2.34. The molecule has 2 heterocycles. The maximum atomic E-state index is 12.7. The molecule has 0 aliphatic carbocycles. The molecule has 0 saturated carbocycles. The summed E-state index contributed by atoms with van der Waals surface area (Å²) in [5.41, 5.74) is 1.32. The van der Waals surface area contributed by atoms with E-state index in [2.05, 4.69) is 10.3 Å². The van der Waals surface area contributed by atoms with Crippen molar-refractivity contribution in [1.82, 2.24) is 9.88 Å². The number of anilines is 1. The highest BCUT2D eigenvalue weighted by Crippen LogP contribution is 2.30. The van der Waals surface area contributed by atoms with Crippen LogP contribution in [0.1, 0.15) is 17.3 Å². The average molecular weight is 458 g/mol. The number of aliphatic hydroxyl groups is 1. The first-order valence-electron chi connectivity index (χ1n) is 9.86. The summed E-state index contributed by atoms with van der Waals surface area (Å²) in [6, 6.07) is 10.4. The molecule has 9 nitrogen and oxygen atoms in total. The van der Waals surface area contributed by atoms with E-state index in [-0.39, 0.29) is 43.5 Å². The van der Waals surface area contributed by atoms with Gasteiger partial charge in [0, 0.05) is 23.3 Å². The van der Waals surface area contributed by atoms with Crippen molar-refractivity contribution in [3.63, 3.8) is 0 Å². The number of aromatic nitrogens is 1. The molecule has 0 fully saturated rings. The fraction of sp³-hybridized carbons (Fsp3) is 0.273. The third-order valence-corrected chi connectivity index (χ3v) is 5.45. The average Bonchev–Trinajstić information content (AvgIpc) is 3.09. The molecule has 32 heavy (non-hydrogen) atoms. The second-order valence-electron chi connectivity index (χ2n) is 6.65. The lowest BCUT2D eigenvalue weighted by Crippen LogP contribution is -2.31. The Hall–Kier alpha value is -3.37. The van der Waals surface area contributed by atoms with Crippen molar-refractivity contribution < 1.29 is 29.0 Å². The van der Waals surface area contributed by atoms with Crippen LogP contribution in [0.2, 0.25) is 0 Å². The Morgan fingerprint density at radius 2 is 2.06 bits per heavy atom. The molecule has 168 valence electrons. The minimum absolute atomic E-state index is 0.0629. The standard InChI is InChI=1S/C22H23N3O6S/c1-3-31-21(28)14-7-8-23-18(11-14)32-16-6-4-5-15(12-16)24-19-17(22(29)30-2)13-25(9-10-26)20(19)27/h4-8,11-12,24,26H,3,9-10,13H2,1-2H3. The fourth-order valence-electron chi connectivity index (χ4n) is 3.06. The van der Waals surface area contributed by atoms with Crippen LogP contribution >= 0.6 is 11.8 Å². The predicted octanol–water partition coefficient (Wildman–Crippen LogP) is 2.08. The summed E-state index contributed by atoms with van der Waals surface area (Å²) in [6.07, 6.45) is 1.54. The van der Waals surface area contributed by atoms with Crippen molar-refractivity contribution >= 4 is 35.3 Å². The molecule has 0 radical (unpaired) electrons. The molecular formula is C22H23N3O6S. The quantitative estimate of drug-likeness (QED) is 0.546. The number of rotatable bonds is 9. The van der Waals surface area contributed by atoms with E-state index in [1.165, 1.54) is 30.0 Å². The van der Waals surface area contributed by atoms with Gasteiger partial charge in [0.05, 0.1) is 38.0 Å². The monoisotopic (exact) mass is 457 g/mol. The highest BCUT2D eigenvalue weighted by atomic mass is 32.2. The van der Waals surface area contributed by atoms with Crippen molar-refractivity contribution in [3.8, 4) is 0 Å². The van der Waals surface area contributed by atoms with Gasteiger partial charge in [-0.3, -0.25) is 4.79 Å². The minimum atomic E-state index is -0.605. The smallest absolute Gasteiger partial charge is 0.338 e. The first kappa shape index (κ1) is 23.3. The summed E-state index contributed by atoms with van der Waals surface area (Å²) >= 11 is 1.34. The number of carbonyl (C=O) groups excluding carboxylic acids is 3. The Bertz CT molecular complexity index is 1060. The van der Waals surface area contributed by atoms with Crippen LogP contribution in [-0.2, 0) is 19.1 Å². The fourth-order valence-corrected chi connectivity index (χ4v) is 3.93. The lowest BCUT2D eigenvalue weighted by atomic mass is 10.2. The molecule has 10 heteroatoms. The molecule has 1 aliphatic heterocycles. The van der Waals surface area contributed by atoms with E-state index in [4.69, 9.17) is 9.47 Å². The summed E-state index contributed by atoms with van der Waals surface area (Å²) < 4.78 is 9.82. The van der Waals surface area contributed by atoms with Gasteiger partial charge in [-0.05, 0) is 37.3 Å². The maximum absolute atomic E-state index is 12.7. The van der Waals surface area contributed by atoms with Crippen LogP contribution in [0.25, 0.3) is 0 Å². The van der Waals surface area contributed by atoms with Crippen LogP contribution < -0.4 is 5.32 Å². The Labute approximate surface area is 189 Å². The Morgan fingerprint density at radius 1 is 1.25 bits per heavy atom. The SMILES string of the molecule is CCOC(=O)c1ccnc(Sc2cccc(NC3=C(C(=O)OC)CN(CCO)C3=O)c2)c1. The van der Waals surface area contributed by atoms with Gasteiger partial charge in [-0.25, -0.2) is 14.6 Å². The zero-order valence-electron chi connectivity index (χ0n) is 17.7. The van der Waals surface area contributed by atoms with Crippen molar-refractivity contribution in [3.05, 3.63) is 59.4 Å². The summed E-state index contributed by atoms with van der Waals surface area (Å²) in [5, 5.41) is 12.8. The number of β-amino-alcohol motifs (C(OH)–C–C–N with tert-alkyl or cyclic N) is 1. The van der Waals surface area contributed by atoms with Crippen LogP contribution in [0.15, 0.2) is 63.8 Å². The van der Waals surface area contributed by atoms with Crippen molar-refractivity contribution in [1.29, 1.82) is 0 Å². The molecule has 2 aromatic rings. The summed E-state index contributed by atoms with van der Waals surface area (Å²) in [5.74, 6) is -1.41. The predicted molar refractivity (Wildman–Crippen MR) is 117 cm³/mol.